The molecule has 0 aliphatic carbocycles. The lowest BCUT2D eigenvalue weighted by Crippen LogP contribution is -2.43. The van der Waals surface area contributed by atoms with Crippen LogP contribution in [0, 0.1) is 5.82 Å². The third kappa shape index (κ3) is 5.87. The zero-order valence-corrected chi connectivity index (χ0v) is 28.1. The number of aromatic nitrogens is 3. The number of anilines is 1. The molecular weight excluding hydrogens is 645 g/mol. The summed E-state index contributed by atoms with van der Waals surface area (Å²) in [6.07, 6.45) is 0.476. The van der Waals surface area contributed by atoms with E-state index in [9.17, 15) is 9.18 Å². The number of carbonyl (C=O) groups is 1. The number of carbonyl (C=O) groups excluding carboxylic acids is 1. The summed E-state index contributed by atoms with van der Waals surface area (Å²) >= 11 is 6.58. The Morgan fingerprint density at radius 2 is 1.90 bits per heavy atom. The average molecular weight is 683 g/mol. The zero-order valence-electron chi connectivity index (χ0n) is 27.4. The first-order valence-electron chi connectivity index (χ1n) is 16.2. The first-order valence-corrected chi connectivity index (χ1v) is 16.6. The van der Waals surface area contributed by atoms with E-state index in [-0.39, 0.29) is 48.1 Å². The number of ether oxygens (including phenoxy) is 2. The number of amides is 1. The highest BCUT2D eigenvalue weighted by atomic mass is 35.5. The number of benzene rings is 2. The van der Waals surface area contributed by atoms with E-state index in [4.69, 9.17) is 21.1 Å². The molecule has 9 nitrogen and oxygen atoms in total. The number of fused-ring (bicyclic) bond motifs is 3. The van der Waals surface area contributed by atoms with Gasteiger partial charge in [-0.25, -0.2) is 18.0 Å². The molecule has 48 heavy (non-hydrogen) atoms. The summed E-state index contributed by atoms with van der Waals surface area (Å²) in [5, 5.41) is 2.16. The maximum atomic E-state index is 16.8. The molecule has 3 aliphatic heterocycles. The Kier molecular flexibility index (Phi) is 8.30. The molecule has 5 heterocycles. The van der Waals surface area contributed by atoms with Gasteiger partial charge in [0.2, 0.25) is 0 Å². The minimum Gasteiger partial charge on any atom is -0.461 e. The van der Waals surface area contributed by atoms with Crippen molar-refractivity contribution in [1.82, 2.24) is 24.8 Å². The molecule has 0 N–H and O–H groups in total. The summed E-state index contributed by atoms with van der Waals surface area (Å²) in [6, 6.07) is 9.94. The predicted octanol–water partition coefficient (Wildman–Crippen LogP) is 6.99. The van der Waals surface area contributed by atoms with Gasteiger partial charge in [0, 0.05) is 48.7 Å². The highest BCUT2D eigenvalue weighted by Gasteiger charge is 2.49. The van der Waals surface area contributed by atoms with Gasteiger partial charge in [-0.2, -0.15) is 9.97 Å². The van der Waals surface area contributed by atoms with Gasteiger partial charge in [0.05, 0.1) is 23.5 Å². The van der Waals surface area contributed by atoms with E-state index in [1.54, 1.807) is 50.9 Å². The minimum absolute atomic E-state index is 0.0206. The summed E-state index contributed by atoms with van der Waals surface area (Å²) in [4.78, 5) is 31.5. The van der Waals surface area contributed by atoms with Gasteiger partial charge >= 0.3 is 12.1 Å². The van der Waals surface area contributed by atoms with Crippen LogP contribution in [-0.4, -0.2) is 100 Å². The number of nitrogens with zero attached hydrogens (tertiary/aromatic N) is 6. The monoisotopic (exact) mass is 682 g/mol. The van der Waals surface area contributed by atoms with Gasteiger partial charge in [0.1, 0.15) is 41.6 Å². The van der Waals surface area contributed by atoms with Crippen LogP contribution in [0.3, 0.4) is 0 Å². The van der Waals surface area contributed by atoms with Crippen LogP contribution in [0.1, 0.15) is 40.0 Å². The maximum absolute atomic E-state index is 16.8. The van der Waals surface area contributed by atoms with Crippen LogP contribution in [-0.2, 0) is 4.74 Å². The first-order chi connectivity index (χ1) is 22.8. The SMILES string of the molecule is CN(c1nc(OC[C@@]23CCCN2C[C@H](F)C3)nc2c(F)c(-c3cccc4cccc(Cl)c34)ncc12)[C@@H]1CN(C(=O)OC(C)(C)C)C[C@H]1F. The summed E-state index contributed by atoms with van der Waals surface area (Å²) < 4.78 is 58.6. The van der Waals surface area contributed by atoms with Crippen molar-refractivity contribution >= 4 is 45.2 Å². The lowest BCUT2D eigenvalue weighted by atomic mass is 9.95. The molecular formula is C35H38ClF3N6O3. The highest BCUT2D eigenvalue weighted by Crippen LogP contribution is 2.41. The van der Waals surface area contributed by atoms with Crippen LogP contribution in [0.15, 0.2) is 42.6 Å². The molecule has 3 saturated heterocycles. The second kappa shape index (κ2) is 12.2. The normalized spacial score (nSPS) is 24.4. The fourth-order valence-electron chi connectivity index (χ4n) is 7.43. The molecule has 2 aromatic carbocycles. The Bertz CT molecular complexity index is 1890. The summed E-state index contributed by atoms with van der Waals surface area (Å²) in [6.45, 7) is 6.35. The molecule has 0 bridgehead atoms. The van der Waals surface area contributed by atoms with Crippen molar-refractivity contribution in [2.75, 3.05) is 44.7 Å². The second-order valence-electron chi connectivity index (χ2n) is 14.1. The average Bonchev–Trinajstić information content (AvgIpc) is 3.70. The summed E-state index contributed by atoms with van der Waals surface area (Å²) in [7, 11) is 1.64. The van der Waals surface area contributed by atoms with Gasteiger partial charge < -0.3 is 19.3 Å². The van der Waals surface area contributed by atoms with Gasteiger partial charge in [0.15, 0.2) is 5.82 Å². The number of halogens is 4. The summed E-state index contributed by atoms with van der Waals surface area (Å²) in [5.41, 5.74) is -0.774. The number of likely N-dealkylation sites (tertiary alicyclic amines) is 1. The fraction of sp³-hybridized carbons (Fsp3) is 0.486. The van der Waals surface area contributed by atoms with E-state index in [1.165, 1.54) is 11.1 Å². The van der Waals surface area contributed by atoms with Crippen LogP contribution in [0.5, 0.6) is 6.01 Å². The van der Waals surface area contributed by atoms with Crippen molar-refractivity contribution in [2.45, 2.75) is 69.6 Å². The zero-order chi connectivity index (χ0) is 34.0. The lowest BCUT2D eigenvalue weighted by molar-refractivity contribution is 0.0283. The van der Waals surface area contributed by atoms with Crippen LogP contribution in [0.4, 0.5) is 23.8 Å². The van der Waals surface area contributed by atoms with E-state index in [0.29, 0.717) is 28.9 Å². The Hall–Kier alpha value is -3.90. The van der Waals surface area contributed by atoms with E-state index >= 15 is 8.78 Å². The molecule has 7 rings (SSSR count). The van der Waals surface area contributed by atoms with Gasteiger partial charge in [0.25, 0.3) is 0 Å². The third-order valence-electron chi connectivity index (χ3n) is 9.69. The fourth-order valence-corrected chi connectivity index (χ4v) is 7.71. The van der Waals surface area contributed by atoms with Gasteiger partial charge in [-0.3, -0.25) is 9.88 Å². The van der Waals surface area contributed by atoms with E-state index in [2.05, 4.69) is 19.9 Å². The Morgan fingerprint density at radius 3 is 2.67 bits per heavy atom. The van der Waals surface area contributed by atoms with Gasteiger partial charge in [-0.05, 0) is 51.6 Å². The topological polar surface area (TPSA) is 83.9 Å². The standard InChI is InChI=1S/C35H38ClF3N6O3/c1-34(2,3)48-33(46)44-17-25(38)26(18-44)43(4)31-23-15-40-29(22-10-5-8-20-9-6-11-24(36)27(20)22)28(39)30(23)41-32(42-31)47-19-35-12-7-13-45(35)16-21(37)14-35/h5-6,8-11,15,21,25-26H,7,12-14,16-19H2,1-4H3/t21-,25-,26-,35+/m1/s1. The molecule has 2 aromatic heterocycles. The van der Waals surface area contributed by atoms with Crippen molar-refractivity contribution < 1.29 is 27.4 Å². The Morgan fingerprint density at radius 1 is 1.12 bits per heavy atom. The first kappa shape index (κ1) is 32.6. The van der Waals surface area contributed by atoms with Crippen molar-refractivity contribution in [3.05, 3.63) is 53.4 Å². The number of likely N-dealkylation sites (N-methyl/N-ethyl adjacent to an activating group) is 1. The van der Waals surface area contributed by atoms with Crippen LogP contribution in [0.25, 0.3) is 32.9 Å². The third-order valence-corrected chi connectivity index (χ3v) is 10.0. The number of pyridine rings is 1. The van der Waals surface area contributed by atoms with Gasteiger partial charge in [-0.15, -0.1) is 0 Å². The number of hydrogen-bond donors (Lipinski definition) is 0. The molecule has 4 aromatic rings. The van der Waals surface area contributed by atoms with Crippen molar-refractivity contribution in [3.63, 3.8) is 0 Å². The Labute approximate surface area is 282 Å². The molecule has 4 atom stereocenters. The van der Waals surface area contributed by atoms with Crippen LogP contribution in [0.2, 0.25) is 5.02 Å². The number of rotatable bonds is 6. The van der Waals surface area contributed by atoms with Crippen LogP contribution < -0.4 is 9.64 Å². The molecule has 13 heteroatoms. The predicted molar refractivity (Wildman–Crippen MR) is 179 cm³/mol. The van der Waals surface area contributed by atoms with E-state index in [1.807, 2.05) is 18.2 Å². The van der Waals surface area contributed by atoms with Crippen molar-refractivity contribution in [1.29, 1.82) is 0 Å². The number of alkyl halides is 2. The highest BCUT2D eigenvalue weighted by molar-refractivity contribution is 6.36. The van der Waals surface area contributed by atoms with Crippen LogP contribution >= 0.6 is 11.6 Å². The van der Waals surface area contributed by atoms with Crippen molar-refractivity contribution in [3.8, 4) is 17.3 Å². The minimum atomic E-state index is -1.45. The molecule has 3 fully saturated rings. The Balaban J connectivity index is 1.30. The quantitative estimate of drug-likeness (QED) is 0.215. The molecule has 0 saturated carbocycles. The molecule has 254 valence electrons. The summed E-state index contributed by atoms with van der Waals surface area (Å²) in [5.74, 6) is -0.524. The second-order valence-corrected chi connectivity index (χ2v) is 14.5. The van der Waals surface area contributed by atoms with E-state index < -0.39 is 41.4 Å². The van der Waals surface area contributed by atoms with E-state index in [0.717, 1.165) is 24.8 Å². The largest absolute Gasteiger partial charge is 0.461 e. The molecule has 0 spiro atoms. The molecule has 3 aliphatic rings. The lowest BCUT2D eigenvalue weighted by Gasteiger charge is -2.31. The molecule has 0 unspecified atom stereocenters. The van der Waals surface area contributed by atoms with Crippen molar-refractivity contribution in [2.24, 2.45) is 0 Å². The molecule has 0 radical (unpaired) electrons. The smallest absolute Gasteiger partial charge is 0.410 e. The maximum Gasteiger partial charge on any atom is 0.410 e. The van der Waals surface area contributed by atoms with Gasteiger partial charge in [-0.1, -0.05) is 41.9 Å². The number of hydrogen-bond acceptors (Lipinski definition) is 8. The molecule has 1 amide bonds.